The van der Waals surface area contributed by atoms with E-state index < -0.39 is 16.1 Å². The van der Waals surface area contributed by atoms with Gasteiger partial charge in [-0.1, -0.05) is 55.8 Å². The van der Waals surface area contributed by atoms with E-state index in [-0.39, 0.29) is 24.8 Å². The van der Waals surface area contributed by atoms with Gasteiger partial charge >= 0.3 is 0 Å². The standard InChI is InChI=1S/C28H41N3O4S/c1-6-7-19-29-28(33)24(4)30(21-18-25-14-9-8-10-15-25)27(32)17-12-20-31(36(5,34)35)26-16-11-13-22(2)23(26)3/h8-11,13-16,24H,6-7,12,17-21H2,1-5H3,(H,29,33)/t24-/m1/s1. The maximum Gasteiger partial charge on any atom is 0.242 e. The van der Waals surface area contributed by atoms with Crippen molar-refractivity contribution < 1.29 is 18.0 Å². The molecule has 2 aromatic carbocycles. The molecule has 0 saturated heterocycles. The lowest BCUT2D eigenvalue weighted by Gasteiger charge is -2.29. The van der Waals surface area contributed by atoms with Crippen molar-refractivity contribution in [1.29, 1.82) is 0 Å². The molecule has 0 aliphatic heterocycles. The van der Waals surface area contributed by atoms with Crippen molar-refractivity contribution in [3.63, 3.8) is 0 Å². The lowest BCUT2D eigenvalue weighted by molar-refractivity contribution is -0.139. The summed E-state index contributed by atoms with van der Waals surface area (Å²) in [5.74, 6) is -0.323. The smallest absolute Gasteiger partial charge is 0.242 e. The number of aryl methyl sites for hydroxylation is 1. The van der Waals surface area contributed by atoms with E-state index in [1.165, 1.54) is 10.6 Å². The average Bonchev–Trinajstić information content (AvgIpc) is 2.84. The van der Waals surface area contributed by atoms with Crippen molar-refractivity contribution in [1.82, 2.24) is 10.2 Å². The quantitative estimate of drug-likeness (QED) is 0.382. The molecule has 2 rings (SSSR count). The number of hydrogen-bond acceptors (Lipinski definition) is 4. The van der Waals surface area contributed by atoms with E-state index in [4.69, 9.17) is 0 Å². The molecule has 0 spiro atoms. The van der Waals surface area contributed by atoms with E-state index in [0.717, 1.165) is 29.5 Å². The van der Waals surface area contributed by atoms with Gasteiger partial charge in [-0.05, 0) is 62.8 Å². The molecule has 2 aromatic rings. The lowest BCUT2D eigenvalue weighted by atomic mass is 10.1. The molecule has 0 aliphatic rings. The number of sulfonamides is 1. The predicted molar refractivity (Wildman–Crippen MR) is 147 cm³/mol. The summed E-state index contributed by atoms with van der Waals surface area (Å²) in [4.78, 5) is 27.7. The normalized spacial score (nSPS) is 12.1. The Morgan fingerprint density at radius 2 is 1.67 bits per heavy atom. The molecule has 8 heteroatoms. The maximum absolute atomic E-state index is 13.3. The van der Waals surface area contributed by atoms with Crippen LogP contribution in [0.5, 0.6) is 0 Å². The van der Waals surface area contributed by atoms with Gasteiger partial charge in [0.2, 0.25) is 21.8 Å². The topological polar surface area (TPSA) is 86.8 Å². The second-order valence-corrected chi connectivity index (χ2v) is 11.2. The van der Waals surface area contributed by atoms with Crippen LogP contribution in [-0.4, -0.2) is 57.1 Å². The average molecular weight is 516 g/mol. The molecule has 1 atom stereocenters. The lowest BCUT2D eigenvalue weighted by Crippen LogP contribution is -2.49. The van der Waals surface area contributed by atoms with Crippen LogP contribution in [0.3, 0.4) is 0 Å². The Morgan fingerprint density at radius 3 is 2.31 bits per heavy atom. The first-order chi connectivity index (χ1) is 17.1. The van der Waals surface area contributed by atoms with Gasteiger partial charge in [-0.15, -0.1) is 0 Å². The summed E-state index contributed by atoms with van der Waals surface area (Å²) in [6.45, 7) is 8.85. The van der Waals surface area contributed by atoms with E-state index in [1.807, 2.05) is 56.3 Å². The van der Waals surface area contributed by atoms with Gasteiger partial charge in [0.25, 0.3) is 0 Å². The Hall–Kier alpha value is -2.87. The second-order valence-electron chi connectivity index (χ2n) is 9.30. The van der Waals surface area contributed by atoms with Crippen LogP contribution in [0.2, 0.25) is 0 Å². The van der Waals surface area contributed by atoms with Gasteiger partial charge in [-0.2, -0.15) is 0 Å². The molecule has 0 heterocycles. The Labute approximate surface area is 216 Å². The summed E-state index contributed by atoms with van der Waals surface area (Å²) in [5, 5.41) is 2.92. The van der Waals surface area contributed by atoms with Crippen molar-refractivity contribution in [2.45, 2.75) is 65.8 Å². The number of carbonyl (C=O) groups excluding carboxylic acids is 2. The Kier molecular flexibility index (Phi) is 11.4. The number of carbonyl (C=O) groups is 2. The third-order valence-electron chi connectivity index (χ3n) is 6.48. The maximum atomic E-state index is 13.3. The van der Waals surface area contributed by atoms with Gasteiger partial charge in [0.1, 0.15) is 6.04 Å². The fourth-order valence-electron chi connectivity index (χ4n) is 4.09. The third-order valence-corrected chi connectivity index (χ3v) is 7.66. The zero-order valence-electron chi connectivity index (χ0n) is 22.3. The van der Waals surface area contributed by atoms with E-state index in [1.54, 1.807) is 17.9 Å². The molecule has 0 aromatic heterocycles. The van der Waals surface area contributed by atoms with Crippen LogP contribution in [0.25, 0.3) is 0 Å². The van der Waals surface area contributed by atoms with Crippen molar-refractivity contribution in [3.8, 4) is 0 Å². The Balaban J connectivity index is 2.12. The summed E-state index contributed by atoms with van der Waals surface area (Å²) in [7, 11) is -3.52. The van der Waals surface area contributed by atoms with Gasteiger partial charge in [0.05, 0.1) is 11.9 Å². The van der Waals surface area contributed by atoms with Gasteiger partial charge in [-0.25, -0.2) is 8.42 Å². The van der Waals surface area contributed by atoms with E-state index in [9.17, 15) is 18.0 Å². The molecule has 0 radical (unpaired) electrons. The summed E-state index contributed by atoms with van der Waals surface area (Å²) in [5.41, 5.74) is 3.63. The minimum Gasteiger partial charge on any atom is -0.354 e. The van der Waals surface area contributed by atoms with E-state index in [2.05, 4.69) is 12.2 Å². The molecule has 1 N–H and O–H groups in total. The van der Waals surface area contributed by atoms with Crippen molar-refractivity contribution in [2.75, 3.05) is 30.2 Å². The molecule has 2 amide bonds. The number of nitrogens with one attached hydrogen (secondary N) is 1. The van der Waals surface area contributed by atoms with Crippen molar-refractivity contribution in [3.05, 3.63) is 65.2 Å². The van der Waals surface area contributed by atoms with Gasteiger partial charge < -0.3 is 10.2 Å². The largest absolute Gasteiger partial charge is 0.354 e. The zero-order valence-corrected chi connectivity index (χ0v) is 23.1. The number of rotatable bonds is 14. The number of anilines is 1. The molecule has 0 fully saturated rings. The number of hydrogen-bond donors (Lipinski definition) is 1. The molecule has 7 nitrogen and oxygen atoms in total. The number of unbranched alkanes of at least 4 members (excludes halogenated alkanes) is 1. The molecule has 0 saturated carbocycles. The molecular formula is C28H41N3O4S. The highest BCUT2D eigenvalue weighted by atomic mass is 32.2. The Bertz CT molecular complexity index is 1100. The van der Waals surface area contributed by atoms with E-state index >= 15 is 0 Å². The van der Waals surface area contributed by atoms with Crippen LogP contribution in [0.4, 0.5) is 5.69 Å². The van der Waals surface area contributed by atoms with Crippen LogP contribution in [0.1, 0.15) is 56.2 Å². The summed E-state index contributed by atoms with van der Waals surface area (Å²) in [6.07, 6.45) is 4.19. The fourth-order valence-corrected chi connectivity index (χ4v) is 5.11. The first-order valence-corrected chi connectivity index (χ1v) is 14.6. The van der Waals surface area contributed by atoms with Gasteiger partial charge in [-0.3, -0.25) is 13.9 Å². The molecular weight excluding hydrogens is 474 g/mol. The first kappa shape index (κ1) is 29.4. The number of benzene rings is 2. The first-order valence-electron chi connectivity index (χ1n) is 12.7. The molecule has 198 valence electrons. The van der Waals surface area contributed by atoms with Crippen molar-refractivity contribution >= 4 is 27.5 Å². The molecule has 0 aliphatic carbocycles. The van der Waals surface area contributed by atoms with Crippen LogP contribution in [-0.2, 0) is 26.0 Å². The van der Waals surface area contributed by atoms with Gasteiger partial charge in [0.15, 0.2) is 0 Å². The second kappa shape index (κ2) is 14.0. The monoisotopic (exact) mass is 515 g/mol. The van der Waals surface area contributed by atoms with Gasteiger partial charge in [0, 0.05) is 26.1 Å². The summed E-state index contributed by atoms with van der Waals surface area (Å²) in [6, 6.07) is 14.8. The molecule has 0 bridgehead atoms. The summed E-state index contributed by atoms with van der Waals surface area (Å²) < 4.78 is 26.5. The SMILES string of the molecule is CCCCNC(=O)[C@@H](C)N(CCc1ccccc1)C(=O)CCCN(c1cccc(C)c1C)S(C)(=O)=O. The van der Waals surface area contributed by atoms with Crippen LogP contribution in [0, 0.1) is 13.8 Å². The highest BCUT2D eigenvalue weighted by Gasteiger charge is 2.26. The fraction of sp³-hybridized carbons (Fsp3) is 0.500. The minimum absolute atomic E-state index is 0.151. The van der Waals surface area contributed by atoms with Crippen LogP contribution in [0.15, 0.2) is 48.5 Å². The highest BCUT2D eigenvalue weighted by Crippen LogP contribution is 2.25. The van der Waals surface area contributed by atoms with Crippen molar-refractivity contribution in [2.24, 2.45) is 0 Å². The third kappa shape index (κ3) is 8.66. The highest BCUT2D eigenvalue weighted by molar-refractivity contribution is 7.92. The number of amides is 2. The zero-order chi connectivity index (χ0) is 26.7. The van der Waals surface area contributed by atoms with E-state index in [0.29, 0.717) is 31.6 Å². The Morgan fingerprint density at radius 1 is 0.972 bits per heavy atom. The minimum atomic E-state index is -3.52. The molecule has 0 unspecified atom stereocenters. The predicted octanol–water partition coefficient (Wildman–Crippen LogP) is 4.23. The number of nitrogens with zero attached hydrogens (tertiary/aromatic N) is 2. The summed E-state index contributed by atoms with van der Waals surface area (Å²) >= 11 is 0. The van der Waals surface area contributed by atoms with Crippen LogP contribution >= 0.6 is 0 Å². The van der Waals surface area contributed by atoms with Crippen LogP contribution < -0.4 is 9.62 Å². The molecule has 36 heavy (non-hydrogen) atoms.